The average molecular weight is 258 g/mol. The molecule has 0 saturated heterocycles. The van der Waals surface area contributed by atoms with Gasteiger partial charge < -0.3 is 9.84 Å². The third kappa shape index (κ3) is 2.79. The Labute approximate surface area is 112 Å². The van der Waals surface area contributed by atoms with Gasteiger partial charge >= 0.3 is 0 Å². The number of rotatable bonds is 4. The summed E-state index contributed by atoms with van der Waals surface area (Å²) >= 11 is 0. The second-order valence-electron chi connectivity index (χ2n) is 4.89. The Bertz CT molecular complexity index is 537. The van der Waals surface area contributed by atoms with Crippen molar-refractivity contribution in [2.45, 2.75) is 31.9 Å². The molecule has 0 radical (unpaired) electrons. The smallest absolute Gasteiger partial charge is 0.119 e. The lowest BCUT2D eigenvalue weighted by Crippen LogP contribution is -2.11. The first kappa shape index (κ1) is 12.2. The summed E-state index contributed by atoms with van der Waals surface area (Å²) in [6.07, 6.45) is 6.31. The Balaban J connectivity index is 1.63. The predicted octanol–water partition coefficient (Wildman–Crippen LogP) is 2.33. The van der Waals surface area contributed by atoms with Gasteiger partial charge in [0.15, 0.2) is 0 Å². The maximum absolute atomic E-state index is 9.99. The lowest BCUT2D eigenvalue weighted by Gasteiger charge is -2.22. The molecule has 1 aromatic carbocycles. The number of fused-ring (bicyclic) bond motifs is 1. The number of aromatic nitrogens is 2. The van der Waals surface area contributed by atoms with Crippen LogP contribution in [0.15, 0.2) is 36.7 Å². The van der Waals surface area contributed by atoms with Crippen molar-refractivity contribution < 1.29 is 9.84 Å². The predicted molar refractivity (Wildman–Crippen MR) is 72.1 cm³/mol. The van der Waals surface area contributed by atoms with Crippen LogP contribution < -0.4 is 4.74 Å². The van der Waals surface area contributed by atoms with E-state index in [0.717, 1.165) is 37.1 Å². The first-order valence-electron chi connectivity index (χ1n) is 6.74. The van der Waals surface area contributed by atoms with E-state index in [2.05, 4.69) is 11.2 Å². The standard InChI is InChI=1S/C15H18N2O2/c18-15-4-1-3-12-5-6-13(11-14(12)15)19-10-9-17-8-2-7-16-17/h2,5-8,11,15,18H,1,3-4,9-10H2/t15-/m1/s1. The monoisotopic (exact) mass is 258 g/mol. The highest BCUT2D eigenvalue weighted by atomic mass is 16.5. The Morgan fingerprint density at radius 2 is 2.37 bits per heavy atom. The van der Waals surface area contributed by atoms with Crippen LogP contribution in [0.3, 0.4) is 0 Å². The molecule has 1 aliphatic carbocycles. The molecule has 1 atom stereocenters. The number of aliphatic hydroxyl groups is 1. The van der Waals surface area contributed by atoms with Gasteiger partial charge in [-0.3, -0.25) is 4.68 Å². The molecule has 3 rings (SSSR count). The van der Waals surface area contributed by atoms with Crippen molar-refractivity contribution in [3.63, 3.8) is 0 Å². The topological polar surface area (TPSA) is 47.3 Å². The van der Waals surface area contributed by atoms with Crippen LogP contribution in [-0.4, -0.2) is 21.5 Å². The SMILES string of the molecule is O[C@@H]1CCCc2ccc(OCCn3cccn3)cc21. The zero-order chi connectivity index (χ0) is 13.1. The van der Waals surface area contributed by atoms with Crippen molar-refractivity contribution in [1.82, 2.24) is 9.78 Å². The maximum Gasteiger partial charge on any atom is 0.119 e. The molecule has 0 amide bonds. The Morgan fingerprint density at radius 1 is 1.42 bits per heavy atom. The van der Waals surface area contributed by atoms with Crippen molar-refractivity contribution in [1.29, 1.82) is 0 Å². The van der Waals surface area contributed by atoms with E-state index in [9.17, 15) is 5.11 Å². The highest BCUT2D eigenvalue weighted by molar-refractivity contribution is 5.38. The number of ether oxygens (including phenoxy) is 1. The van der Waals surface area contributed by atoms with Gasteiger partial charge in [-0.1, -0.05) is 6.07 Å². The average Bonchev–Trinajstić information content (AvgIpc) is 2.93. The van der Waals surface area contributed by atoms with Gasteiger partial charge in [0.25, 0.3) is 0 Å². The molecule has 1 N–H and O–H groups in total. The van der Waals surface area contributed by atoms with Crippen molar-refractivity contribution in [3.05, 3.63) is 47.8 Å². The fraction of sp³-hybridized carbons (Fsp3) is 0.400. The minimum Gasteiger partial charge on any atom is -0.492 e. The molecule has 0 bridgehead atoms. The summed E-state index contributed by atoms with van der Waals surface area (Å²) in [7, 11) is 0. The van der Waals surface area contributed by atoms with Crippen molar-refractivity contribution in [2.24, 2.45) is 0 Å². The second-order valence-corrected chi connectivity index (χ2v) is 4.89. The van der Waals surface area contributed by atoms with Gasteiger partial charge in [0.1, 0.15) is 12.4 Å². The number of aryl methyl sites for hydroxylation is 1. The van der Waals surface area contributed by atoms with Gasteiger partial charge in [0.05, 0.1) is 12.6 Å². The van der Waals surface area contributed by atoms with Gasteiger partial charge in [-0.15, -0.1) is 0 Å². The summed E-state index contributed by atoms with van der Waals surface area (Å²) in [5.41, 5.74) is 2.28. The molecule has 0 saturated carbocycles. The molecule has 4 heteroatoms. The van der Waals surface area contributed by atoms with Gasteiger partial charge in [-0.2, -0.15) is 5.10 Å². The van der Waals surface area contributed by atoms with Gasteiger partial charge in [0.2, 0.25) is 0 Å². The van der Waals surface area contributed by atoms with E-state index < -0.39 is 0 Å². The highest BCUT2D eigenvalue weighted by Gasteiger charge is 2.18. The third-order valence-electron chi connectivity index (χ3n) is 3.55. The molecule has 1 aliphatic rings. The largest absolute Gasteiger partial charge is 0.492 e. The Hall–Kier alpha value is -1.81. The Morgan fingerprint density at radius 3 is 3.21 bits per heavy atom. The summed E-state index contributed by atoms with van der Waals surface area (Å²) < 4.78 is 7.56. The molecule has 19 heavy (non-hydrogen) atoms. The summed E-state index contributed by atoms with van der Waals surface area (Å²) in [4.78, 5) is 0. The molecule has 0 aliphatic heterocycles. The van der Waals surface area contributed by atoms with Crippen LogP contribution >= 0.6 is 0 Å². The van der Waals surface area contributed by atoms with E-state index in [1.54, 1.807) is 6.20 Å². The number of nitrogens with zero attached hydrogens (tertiary/aromatic N) is 2. The highest BCUT2D eigenvalue weighted by Crippen LogP contribution is 2.32. The third-order valence-corrected chi connectivity index (χ3v) is 3.55. The van der Waals surface area contributed by atoms with Crippen LogP contribution in [0.1, 0.15) is 30.1 Å². The van der Waals surface area contributed by atoms with Crippen molar-refractivity contribution >= 4 is 0 Å². The van der Waals surface area contributed by atoms with Gasteiger partial charge in [-0.25, -0.2) is 0 Å². The summed E-state index contributed by atoms with van der Waals surface area (Å²) in [6, 6.07) is 7.93. The van der Waals surface area contributed by atoms with Crippen LogP contribution in [0.25, 0.3) is 0 Å². The van der Waals surface area contributed by atoms with Crippen LogP contribution in [0.2, 0.25) is 0 Å². The van der Waals surface area contributed by atoms with E-state index in [1.807, 2.05) is 29.1 Å². The molecule has 0 fully saturated rings. The normalized spacial score (nSPS) is 18.1. The minimum absolute atomic E-state index is 0.335. The molecule has 4 nitrogen and oxygen atoms in total. The zero-order valence-electron chi connectivity index (χ0n) is 10.8. The van der Waals surface area contributed by atoms with Crippen molar-refractivity contribution in [3.8, 4) is 5.75 Å². The number of hydrogen-bond donors (Lipinski definition) is 1. The fourth-order valence-corrected chi connectivity index (χ4v) is 2.53. The molecular formula is C15H18N2O2. The van der Waals surface area contributed by atoms with E-state index in [-0.39, 0.29) is 6.10 Å². The minimum atomic E-state index is -0.335. The van der Waals surface area contributed by atoms with Crippen LogP contribution in [0, 0.1) is 0 Å². The fourth-order valence-electron chi connectivity index (χ4n) is 2.53. The maximum atomic E-state index is 9.99. The molecule has 0 unspecified atom stereocenters. The van der Waals surface area contributed by atoms with Gasteiger partial charge in [-0.05, 0) is 48.6 Å². The lowest BCUT2D eigenvalue weighted by molar-refractivity contribution is 0.156. The molecule has 100 valence electrons. The second kappa shape index (κ2) is 5.45. The first-order valence-corrected chi connectivity index (χ1v) is 6.74. The van der Waals surface area contributed by atoms with E-state index in [0.29, 0.717) is 6.61 Å². The number of hydrogen-bond acceptors (Lipinski definition) is 3. The molecular weight excluding hydrogens is 240 g/mol. The van der Waals surface area contributed by atoms with Crippen LogP contribution in [-0.2, 0) is 13.0 Å². The number of benzene rings is 1. The quantitative estimate of drug-likeness (QED) is 0.915. The molecule has 2 aromatic rings. The van der Waals surface area contributed by atoms with Crippen molar-refractivity contribution in [2.75, 3.05) is 6.61 Å². The van der Waals surface area contributed by atoms with Crippen LogP contribution in [0.4, 0.5) is 0 Å². The summed E-state index contributed by atoms with van der Waals surface area (Å²) in [5.74, 6) is 0.826. The lowest BCUT2D eigenvalue weighted by atomic mass is 9.89. The molecule has 1 heterocycles. The summed E-state index contributed by atoms with van der Waals surface area (Å²) in [6.45, 7) is 1.31. The van der Waals surface area contributed by atoms with E-state index >= 15 is 0 Å². The van der Waals surface area contributed by atoms with Crippen LogP contribution in [0.5, 0.6) is 5.75 Å². The molecule has 1 aromatic heterocycles. The zero-order valence-corrected chi connectivity index (χ0v) is 10.8. The summed E-state index contributed by atoms with van der Waals surface area (Å²) in [5, 5.41) is 14.1. The Kier molecular flexibility index (Phi) is 3.51. The van der Waals surface area contributed by atoms with E-state index in [1.165, 1.54) is 5.56 Å². The van der Waals surface area contributed by atoms with E-state index in [4.69, 9.17) is 4.74 Å². The molecule has 0 spiro atoms. The number of aliphatic hydroxyl groups excluding tert-OH is 1. The first-order chi connectivity index (χ1) is 9.33. The van der Waals surface area contributed by atoms with Gasteiger partial charge in [0, 0.05) is 12.4 Å².